The number of carbonyl (C=O) groups excluding carboxylic acids is 2. The quantitative estimate of drug-likeness (QED) is 0.255. The van der Waals surface area contributed by atoms with Gasteiger partial charge in [0.05, 0.1) is 0 Å². The van der Waals surface area contributed by atoms with E-state index in [4.69, 9.17) is 4.74 Å². The van der Waals surface area contributed by atoms with Crippen LogP contribution in [-0.4, -0.2) is 50.6 Å². The Labute approximate surface area is 304 Å². The van der Waals surface area contributed by atoms with E-state index in [1.165, 1.54) is 0 Å². The van der Waals surface area contributed by atoms with Crippen LogP contribution in [0.4, 0.5) is 0 Å². The predicted octanol–water partition coefficient (Wildman–Crippen LogP) is 9.99. The number of Topliss-reactive ketones (excluding diaryl/α,β-unsaturated/α-hetero) is 1. The minimum Gasteiger partial charge on any atom is -0.507 e. The lowest BCUT2D eigenvalue weighted by atomic mass is 9.77. The van der Waals surface area contributed by atoms with E-state index in [9.17, 15) is 19.8 Å². The monoisotopic (exact) mass is 692 g/mol. The number of aromatic hydroxyl groups is 2. The number of aryl methyl sites for hydroxylation is 1. The Morgan fingerprint density at radius 3 is 1.38 bits per heavy atom. The zero-order chi connectivity index (χ0) is 38.4. The summed E-state index contributed by atoms with van der Waals surface area (Å²) in [5, 5.41) is 22.2. The summed E-state index contributed by atoms with van der Waals surface area (Å²) in [7, 11) is 0. The molecule has 0 bridgehead atoms. The SMILES string of the molecule is CC(C)(C)c1cc(CCC(=O)OC2CC(C)(C)N(CCC(=O)Cc3cc(C(C)(C)C)c(O)c(C(C)(C)C)c3)C(C)(C)C2)cc(C(C)(C)C)c1O. The van der Waals surface area contributed by atoms with E-state index in [2.05, 4.69) is 116 Å². The van der Waals surface area contributed by atoms with Gasteiger partial charge in [-0.1, -0.05) is 107 Å². The number of ketones is 1. The number of rotatable bonds is 9. The molecule has 0 aromatic heterocycles. The number of nitrogens with zero attached hydrogens (tertiary/aromatic N) is 1. The molecular formula is C44H69NO5. The van der Waals surface area contributed by atoms with Crippen molar-refractivity contribution in [2.24, 2.45) is 0 Å². The molecule has 2 N–H and O–H groups in total. The van der Waals surface area contributed by atoms with E-state index < -0.39 is 0 Å². The van der Waals surface area contributed by atoms with Gasteiger partial charge in [-0.15, -0.1) is 0 Å². The van der Waals surface area contributed by atoms with Crippen molar-refractivity contribution >= 4 is 11.8 Å². The molecule has 2 aromatic rings. The Bertz CT molecular complexity index is 1460. The molecule has 3 rings (SSSR count). The van der Waals surface area contributed by atoms with E-state index in [0.717, 1.165) is 33.4 Å². The topological polar surface area (TPSA) is 87.1 Å². The van der Waals surface area contributed by atoms with Gasteiger partial charge in [0, 0.05) is 49.7 Å². The number of hydrogen-bond donors (Lipinski definition) is 2. The van der Waals surface area contributed by atoms with Crippen molar-refractivity contribution in [1.82, 2.24) is 4.90 Å². The van der Waals surface area contributed by atoms with Crippen LogP contribution < -0.4 is 0 Å². The summed E-state index contributed by atoms with van der Waals surface area (Å²) in [6.07, 6.45) is 2.76. The third-order valence-electron chi connectivity index (χ3n) is 10.4. The van der Waals surface area contributed by atoms with Crippen molar-refractivity contribution in [2.45, 2.75) is 188 Å². The van der Waals surface area contributed by atoms with E-state index in [1.807, 2.05) is 24.3 Å². The van der Waals surface area contributed by atoms with E-state index in [1.54, 1.807) is 0 Å². The normalized spacial score (nSPS) is 17.5. The highest BCUT2D eigenvalue weighted by atomic mass is 16.5. The number of benzene rings is 2. The first-order valence-electron chi connectivity index (χ1n) is 18.7. The molecule has 6 nitrogen and oxygen atoms in total. The second kappa shape index (κ2) is 14.3. The first-order valence-corrected chi connectivity index (χ1v) is 18.7. The van der Waals surface area contributed by atoms with Crippen molar-refractivity contribution < 1.29 is 24.5 Å². The number of carbonyl (C=O) groups is 2. The molecule has 0 saturated carbocycles. The zero-order valence-corrected chi connectivity index (χ0v) is 34.4. The summed E-state index contributed by atoms with van der Waals surface area (Å²) in [4.78, 5) is 29.2. The maximum absolute atomic E-state index is 13.5. The van der Waals surface area contributed by atoms with Crippen molar-refractivity contribution in [2.75, 3.05) is 6.54 Å². The van der Waals surface area contributed by atoms with Crippen LogP contribution in [0.5, 0.6) is 11.5 Å². The highest BCUT2D eigenvalue weighted by molar-refractivity contribution is 5.81. The Morgan fingerprint density at radius 2 is 1.02 bits per heavy atom. The number of piperidine rings is 1. The van der Waals surface area contributed by atoms with Gasteiger partial charge >= 0.3 is 5.97 Å². The molecule has 2 aromatic carbocycles. The van der Waals surface area contributed by atoms with Crippen LogP contribution in [0.25, 0.3) is 0 Å². The Morgan fingerprint density at radius 1 is 0.660 bits per heavy atom. The molecule has 1 aliphatic heterocycles. The number of phenolic OH excluding ortho intramolecular Hbond substituents is 2. The number of phenols is 2. The number of likely N-dealkylation sites (tertiary alicyclic amines) is 1. The van der Waals surface area contributed by atoms with Crippen LogP contribution >= 0.6 is 0 Å². The van der Waals surface area contributed by atoms with Gasteiger partial charge in [0.2, 0.25) is 0 Å². The fourth-order valence-electron chi connectivity index (χ4n) is 7.88. The van der Waals surface area contributed by atoms with Crippen LogP contribution in [-0.2, 0) is 48.8 Å². The molecular weight excluding hydrogens is 622 g/mol. The second-order valence-electron chi connectivity index (χ2n) is 20.3. The fraction of sp³-hybridized carbons (Fsp3) is 0.682. The van der Waals surface area contributed by atoms with Gasteiger partial charge in [0.25, 0.3) is 0 Å². The van der Waals surface area contributed by atoms with Crippen molar-refractivity contribution in [3.05, 3.63) is 57.6 Å². The average Bonchev–Trinajstić information content (AvgIpc) is 2.89. The molecule has 0 amide bonds. The molecule has 0 aliphatic carbocycles. The van der Waals surface area contributed by atoms with Crippen molar-refractivity contribution in [3.63, 3.8) is 0 Å². The molecule has 1 heterocycles. The lowest BCUT2D eigenvalue weighted by Crippen LogP contribution is -2.62. The lowest BCUT2D eigenvalue weighted by molar-refractivity contribution is -0.160. The van der Waals surface area contributed by atoms with Crippen LogP contribution in [0.1, 0.15) is 170 Å². The molecule has 0 radical (unpaired) electrons. The van der Waals surface area contributed by atoms with Gasteiger partial charge < -0.3 is 14.9 Å². The number of esters is 1. The molecule has 1 saturated heterocycles. The Kier molecular flexibility index (Phi) is 11.9. The zero-order valence-electron chi connectivity index (χ0n) is 34.4. The molecule has 1 fully saturated rings. The predicted molar refractivity (Wildman–Crippen MR) is 207 cm³/mol. The maximum Gasteiger partial charge on any atom is 0.306 e. The highest BCUT2D eigenvalue weighted by Crippen LogP contribution is 2.43. The van der Waals surface area contributed by atoms with Crippen LogP contribution in [0, 0.1) is 0 Å². The Hall–Kier alpha value is -2.86. The minimum atomic E-state index is -0.273. The summed E-state index contributed by atoms with van der Waals surface area (Å²) in [5.41, 5.74) is 4.03. The molecule has 50 heavy (non-hydrogen) atoms. The molecule has 0 spiro atoms. The van der Waals surface area contributed by atoms with E-state index in [-0.39, 0.29) is 57.0 Å². The van der Waals surface area contributed by atoms with Crippen LogP contribution in [0.15, 0.2) is 24.3 Å². The van der Waals surface area contributed by atoms with Gasteiger partial charge in [-0.2, -0.15) is 0 Å². The number of ether oxygens (including phenoxy) is 1. The molecule has 280 valence electrons. The van der Waals surface area contributed by atoms with Gasteiger partial charge in [0.15, 0.2) is 0 Å². The van der Waals surface area contributed by atoms with E-state index >= 15 is 0 Å². The highest BCUT2D eigenvalue weighted by Gasteiger charge is 2.46. The van der Waals surface area contributed by atoms with Gasteiger partial charge in [-0.3, -0.25) is 14.5 Å². The van der Waals surface area contributed by atoms with Crippen molar-refractivity contribution in [3.8, 4) is 11.5 Å². The van der Waals surface area contributed by atoms with Crippen LogP contribution in [0.2, 0.25) is 0 Å². The second-order valence-corrected chi connectivity index (χ2v) is 20.3. The van der Waals surface area contributed by atoms with Crippen LogP contribution in [0.3, 0.4) is 0 Å². The molecule has 1 aliphatic rings. The van der Waals surface area contributed by atoms with Gasteiger partial charge in [0.1, 0.15) is 23.4 Å². The molecule has 0 unspecified atom stereocenters. The standard InChI is InChI=1S/C44H69NO5/c1-39(2,3)32-22-28(23-33(37(32)48)40(4,5)6)17-18-36(47)50-31-26-43(13,14)45(44(15,16)27-31)20-19-30(46)21-29-24-34(41(7,8)9)38(49)35(25-29)42(10,11)12/h22-25,31,48-49H,17-21,26-27H2,1-16H3. The summed E-state index contributed by atoms with van der Waals surface area (Å²) in [6, 6.07) is 8.09. The third kappa shape index (κ3) is 10.1. The van der Waals surface area contributed by atoms with Gasteiger partial charge in [-0.25, -0.2) is 0 Å². The lowest BCUT2D eigenvalue weighted by Gasteiger charge is -2.55. The fourth-order valence-corrected chi connectivity index (χ4v) is 7.88. The van der Waals surface area contributed by atoms with Crippen molar-refractivity contribution in [1.29, 1.82) is 0 Å². The summed E-state index contributed by atoms with van der Waals surface area (Å²) in [6.45, 7) is 34.5. The molecule has 0 atom stereocenters. The Balaban J connectivity index is 1.68. The molecule has 6 heteroatoms. The smallest absolute Gasteiger partial charge is 0.306 e. The third-order valence-corrected chi connectivity index (χ3v) is 10.4. The summed E-state index contributed by atoms with van der Waals surface area (Å²) >= 11 is 0. The van der Waals surface area contributed by atoms with E-state index in [0.29, 0.717) is 50.1 Å². The first-order chi connectivity index (χ1) is 22.4. The summed E-state index contributed by atoms with van der Waals surface area (Å²) < 4.78 is 6.14. The maximum atomic E-state index is 13.5. The average molecular weight is 692 g/mol. The number of hydrogen-bond acceptors (Lipinski definition) is 6. The van der Waals surface area contributed by atoms with Gasteiger partial charge in [-0.05, 0) is 89.2 Å². The first kappa shape index (κ1) is 41.6. The minimum absolute atomic E-state index is 0.175. The largest absolute Gasteiger partial charge is 0.507 e. The summed E-state index contributed by atoms with van der Waals surface area (Å²) in [5.74, 6) is 0.650.